The van der Waals surface area contributed by atoms with Crippen LogP contribution in [0.2, 0.25) is 0 Å². The van der Waals surface area contributed by atoms with E-state index in [1.54, 1.807) is 0 Å². The van der Waals surface area contributed by atoms with Gasteiger partial charge in [0.25, 0.3) is 0 Å². The minimum atomic E-state index is 1.15. The molecular weight excluding hydrogens is 242 g/mol. The SMILES string of the molecule is CN(C)CCCc1ccc2cc3ccccc3cc2c1. The summed E-state index contributed by atoms with van der Waals surface area (Å²) >= 11 is 0. The molecule has 1 heteroatoms. The molecule has 0 saturated carbocycles. The van der Waals surface area contributed by atoms with Crippen molar-refractivity contribution in [2.45, 2.75) is 12.8 Å². The molecule has 0 atom stereocenters. The van der Waals surface area contributed by atoms with Gasteiger partial charge in [-0.25, -0.2) is 0 Å². The Hall–Kier alpha value is -1.86. The molecule has 0 bridgehead atoms. The van der Waals surface area contributed by atoms with Gasteiger partial charge in [-0.1, -0.05) is 42.5 Å². The number of hydrogen-bond donors (Lipinski definition) is 0. The summed E-state index contributed by atoms with van der Waals surface area (Å²) in [5.41, 5.74) is 1.44. The third kappa shape index (κ3) is 2.83. The van der Waals surface area contributed by atoms with Gasteiger partial charge in [0.05, 0.1) is 0 Å². The fraction of sp³-hybridized carbons (Fsp3) is 0.263. The predicted molar refractivity (Wildman–Crippen MR) is 88.3 cm³/mol. The number of rotatable bonds is 4. The van der Waals surface area contributed by atoms with Crippen molar-refractivity contribution in [2.24, 2.45) is 0 Å². The molecule has 3 aromatic rings. The molecule has 0 aliphatic heterocycles. The molecule has 0 aliphatic carbocycles. The fourth-order valence-electron chi connectivity index (χ4n) is 2.74. The molecule has 0 saturated heterocycles. The van der Waals surface area contributed by atoms with Crippen LogP contribution >= 0.6 is 0 Å². The molecule has 0 fully saturated rings. The number of fused-ring (bicyclic) bond motifs is 2. The van der Waals surface area contributed by atoms with Crippen LogP contribution in [0.4, 0.5) is 0 Å². The van der Waals surface area contributed by atoms with Crippen LogP contribution in [-0.4, -0.2) is 25.5 Å². The van der Waals surface area contributed by atoms with E-state index in [-0.39, 0.29) is 0 Å². The third-order valence-electron chi connectivity index (χ3n) is 3.84. The summed E-state index contributed by atoms with van der Waals surface area (Å²) in [5.74, 6) is 0. The van der Waals surface area contributed by atoms with E-state index < -0.39 is 0 Å². The highest BCUT2D eigenvalue weighted by atomic mass is 15.0. The van der Waals surface area contributed by atoms with E-state index in [2.05, 4.69) is 73.6 Å². The second-order valence-corrected chi connectivity index (χ2v) is 5.79. The average Bonchev–Trinajstić information content (AvgIpc) is 2.44. The van der Waals surface area contributed by atoms with Crippen molar-refractivity contribution in [3.8, 4) is 0 Å². The van der Waals surface area contributed by atoms with Crippen molar-refractivity contribution >= 4 is 21.5 Å². The van der Waals surface area contributed by atoms with Gasteiger partial charge in [0, 0.05) is 0 Å². The molecule has 0 unspecified atom stereocenters. The third-order valence-corrected chi connectivity index (χ3v) is 3.84. The Kier molecular flexibility index (Phi) is 3.70. The van der Waals surface area contributed by atoms with Crippen molar-refractivity contribution in [1.29, 1.82) is 0 Å². The van der Waals surface area contributed by atoms with Gasteiger partial charge in [-0.05, 0) is 72.7 Å². The monoisotopic (exact) mass is 263 g/mol. The first-order chi connectivity index (χ1) is 9.72. The smallest absolute Gasteiger partial charge is 0.00217 e. The molecule has 0 amide bonds. The second kappa shape index (κ2) is 5.64. The molecule has 0 aromatic heterocycles. The van der Waals surface area contributed by atoms with E-state index in [9.17, 15) is 0 Å². The first-order valence-electron chi connectivity index (χ1n) is 7.28. The van der Waals surface area contributed by atoms with Gasteiger partial charge in [0.2, 0.25) is 0 Å². The Morgan fingerprint density at radius 3 is 2.10 bits per heavy atom. The van der Waals surface area contributed by atoms with E-state index in [4.69, 9.17) is 0 Å². The van der Waals surface area contributed by atoms with Crippen LogP contribution in [0.3, 0.4) is 0 Å². The summed E-state index contributed by atoms with van der Waals surface area (Å²) in [4.78, 5) is 2.24. The lowest BCUT2D eigenvalue weighted by molar-refractivity contribution is 0.400. The van der Waals surface area contributed by atoms with Crippen LogP contribution in [0, 0.1) is 0 Å². The largest absolute Gasteiger partial charge is 0.309 e. The predicted octanol–water partition coefficient (Wildman–Crippen LogP) is 4.49. The van der Waals surface area contributed by atoms with Crippen LogP contribution < -0.4 is 0 Å². The minimum absolute atomic E-state index is 1.15. The van der Waals surface area contributed by atoms with Crippen molar-refractivity contribution < 1.29 is 0 Å². The molecule has 102 valence electrons. The normalized spacial score (nSPS) is 11.6. The number of hydrogen-bond acceptors (Lipinski definition) is 1. The van der Waals surface area contributed by atoms with E-state index >= 15 is 0 Å². The van der Waals surface area contributed by atoms with Gasteiger partial charge < -0.3 is 4.90 Å². The van der Waals surface area contributed by atoms with Gasteiger partial charge >= 0.3 is 0 Å². The molecule has 0 spiro atoms. The summed E-state index contributed by atoms with van der Waals surface area (Å²) in [6, 6.07) is 20.0. The fourth-order valence-corrected chi connectivity index (χ4v) is 2.74. The Morgan fingerprint density at radius 2 is 1.40 bits per heavy atom. The number of benzene rings is 3. The van der Waals surface area contributed by atoms with E-state index in [0.29, 0.717) is 0 Å². The number of nitrogens with zero attached hydrogens (tertiary/aromatic N) is 1. The zero-order valence-corrected chi connectivity index (χ0v) is 12.3. The van der Waals surface area contributed by atoms with Gasteiger partial charge in [0.1, 0.15) is 0 Å². The van der Waals surface area contributed by atoms with E-state index in [0.717, 1.165) is 13.0 Å². The summed E-state index contributed by atoms with van der Waals surface area (Å²) in [7, 11) is 4.26. The summed E-state index contributed by atoms with van der Waals surface area (Å²) < 4.78 is 0. The molecule has 0 N–H and O–H groups in total. The van der Waals surface area contributed by atoms with Crippen molar-refractivity contribution in [2.75, 3.05) is 20.6 Å². The van der Waals surface area contributed by atoms with Gasteiger partial charge in [0.15, 0.2) is 0 Å². The maximum atomic E-state index is 2.34. The van der Waals surface area contributed by atoms with Crippen molar-refractivity contribution in [1.82, 2.24) is 4.90 Å². The molecule has 3 aromatic carbocycles. The Bertz CT molecular complexity index is 728. The molecule has 1 nitrogen and oxygen atoms in total. The zero-order valence-electron chi connectivity index (χ0n) is 12.3. The van der Waals surface area contributed by atoms with Gasteiger partial charge in [-0.2, -0.15) is 0 Å². The summed E-state index contributed by atoms with van der Waals surface area (Å²) in [6.07, 6.45) is 2.37. The van der Waals surface area contributed by atoms with Crippen molar-refractivity contribution in [3.63, 3.8) is 0 Å². The lowest BCUT2D eigenvalue weighted by Crippen LogP contribution is -2.13. The van der Waals surface area contributed by atoms with Crippen LogP contribution in [0.15, 0.2) is 54.6 Å². The maximum Gasteiger partial charge on any atom is -0.00217 e. The topological polar surface area (TPSA) is 3.24 Å². The van der Waals surface area contributed by atoms with Crippen LogP contribution in [0.25, 0.3) is 21.5 Å². The highest BCUT2D eigenvalue weighted by Gasteiger charge is 2.00. The maximum absolute atomic E-state index is 2.34. The molecule has 0 heterocycles. The molecule has 0 aliphatic rings. The number of aryl methyl sites for hydroxylation is 1. The van der Waals surface area contributed by atoms with Crippen molar-refractivity contribution in [3.05, 3.63) is 60.2 Å². The summed E-state index contributed by atoms with van der Waals surface area (Å²) in [6.45, 7) is 1.15. The minimum Gasteiger partial charge on any atom is -0.309 e. The average molecular weight is 263 g/mol. The Labute approximate surface area is 120 Å². The van der Waals surface area contributed by atoms with E-state index in [1.807, 2.05) is 0 Å². The lowest BCUT2D eigenvalue weighted by Gasteiger charge is -2.09. The summed E-state index contributed by atoms with van der Waals surface area (Å²) in [5, 5.41) is 5.33. The Morgan fingerprint density at radius 1 is 0.750 bits per heavy atom. The molecule has 0 radical (unpaired) electrons. The molecule has 3 rings (SSSR count). The van der Waals surface area contributed by atoms with Gasteiger partial charge in [-0.15, -0.1) is 0 Å². The lowest BCUT2D eigenvalue weighted by atomic mass is 10.00. The first kappa shape index (κ1) is 13.1. The highest BCUT2D eigenvalue weighted by molar-refractivity contribution is 5.98. The molecule has 20 heavy (non-hydrogen) atoms. The Balaban J connectivity index is 1.91. The first-order valence-corrected chi connectivity index (χ1v) is 7.28. The van der Waals surface area contributed by atoms with Crippen LogP contribution in [0.5, 0.6) is 0 Å². The second-order valence-electron chi connectivity index (χ2n) is 5.79. The highest BCUT2D eigenvalue weighted by Crippen LogP contribution is 2.24. The van der Waals surface area contributed by atoms with Crippen LogP contribution in [0.1, 0.15) is 12.0 Å². The standard InChI is InChI=1S/C19H21N/c1-20(2)11-5-6-15-9-10-18-13-16-7-3-4-8-17(16)14-19(18)12-15/h3-4,7-10,12-14H,5-6,11H2,1-2H3. The van der Waals surface area contributed by atoms with E-state index in [1.165, 1.54) is 33.5 Å². The van der Waals surface area contributed by atoms with Gasteiger partial charge in [-0.3, -0.25) is 0 Å². The van der Waals surface area contributed by atoms with Crippen LogP contribution in [-0.2, 0) is 6.42 Å². The molecular formula is C19H21N. The zero-order chi connectivity index (χ0) is 13.9. The quantitative estimate of drug-likeness (QED) is 0.627.